The Morgan fingerprint density at radius 2 is 1.71 bits per heavy atom. The third-order valence-corrected chi connectivity index (χ3v) is 2.85. The van der Waals surface area contributed by atoms with E-state index in [2.05, 4.69) is 25.1 Å². The Bertz CT molecular complexity index is 508. The highest BCUT2D eigenvalue weighted by molar-refractivity contribution is 5.65. The van der Waals surface area contributed by atoms with Crippen LogP contribution >= 0.6 is 0 Å². The van der Waals surface area contributed by atoms with Crippen LogP contribution in [0.2, 0.25) is 0 Å². The minimum Gasteiger partial charge on any atom is -0.387 e. The number of nitrogens with two attached hydrogens (primary N) is 1. The minimum absolute atomic E-state index is 0.247. The Morgan fingerprint density at radius 3 is 2.35 bits per heavy atom. The second kappa shape index (κ2) is 5.13. The van der Waals surface area contributed by atoms with E-state index in [1.165, 1.54) is 5.56 Å². The third kappa shape index (κ3) is 2.73. The molecule has 0 amide bonds. The van der Waals surface area contributed by atoms with Gasteiger partial charge in [0.1, 0.15) is 0 Å². The average Bonchev–Trinajstić information content (AvgIpc) is 2.38. The van der Waals surface area contributed by atoms with E-state index in [0.29, 0.717) is 0 Å². The van der Waals surface area contributed by atoms with Gasteiger partial charge in [0.05, 0.1) is 6.10 Å². The van der Waals surface area contributed by atoms with Crippen LogP contribution in [-0.2, 0) is 0 Å². The lowest BCUT2D eigenvalue weighted by atomic mass is 9.99. The van der Waals surface area contributed by atoms with Crippen molar-refractivity contribution in [3.05, 3.63) is 59.7 Å². The first-order valence-corrected chi connectivity index (χ1v) is 5.76. The molecular weight excluding hydrogens is 210 g/mol. The Kier molecular flexibility index (Phi) is 3.57. The quantitative estimate of drug-likeness (QED) is 0.846. The predicted molar refractivity (Wildman–Crippen MR) is 70.6 cm³/mol. The smallest absolute Gasteiger partial charge is 0.0912 e. The minimum atomic E-state index is -0.584. The monoisotopic (exact) mass is 227 g/mol. The van der Waals surface area contributed by atoms with Crippen LogP contribution in [0.3, 0.4) is 0 Å². The fourth-order valence-electron chi connectivity index (χ4n) is 1.89. The molecule has 2 aromatic carbocycles. The van der Waals surface area contributed by atoms with Crippen molar-refractivity contribution < 1.29 is 5.11 Å². The average molecular weight is 227 g/mol. The summed E-state index contributed by atoms with van der Waals surface area (Å²) in [6.07, 6.45) is -0.584. The summed E-state index contributed by atoms with van der Waals surface area (Å²) < 4.78 is 0. The van der Waals surface area contributed by atoms with E-state index in [4.69, 9.17) is 5.73 Å². The van der Waals surface area contributed by atoms with Crippen molar-refractivity contribution in [2.45, 2.75) is 13.0 Å². The molecule has 0 aliphatic carbocycles. The highest BCUT2D eigenvalue weighted by Crippen LogP contribution is 2.23. The summed E-state index contributed by atoms with van der Waals surface area (Å²) in [6.45, 7) is 2.32. The normalized spacial score (nSPS) is 12.4. The zero-order chi connectivity index (χ0) is 12.3. The lowest BCUT2D eigenvalue weighted by Crippen LogP contribution is -2.11. The number of aryl methyl sites for hydroxylation is 1. The molecule has 2 heteroatoms. The molecule has 1 atom stereocenters. The molecule has 0 aliphatic heterocycles. The first-order chi connectivity index (χ1) is 8.20. The lowest BCUT2D eigenvalue weighted by molar-refractivity contribution is 0.187. The summed E-state index contributed by atoms with van der Waals surface area (Å²) in [5, 5.41) is 9.73. The first kappa shape index (κ1) is 11.8. The van der Waals surface area contributed by atoms with Crippen molar-refractivity contribution in [1.29, 1.82) is 0 Å². The van der Waals surface area contributed by atoms with Crippen molar-refractivity contribution in [2.75, 3.05) is 6.54 Å². The van der Waals surface area contributed by atoms with Crippen LogP contribution in [0.4, 0.5) is 0 Å². The zero-order valence-corrected chi connectivity index (χ0v) is 9.93. The van der Waals surface area contributed by atoms with Crippen molar-refractivity contribution in [3.8, 4) is 11.1 Å². The summed E-state index contributed by atoms with van der Waals surface area (Å²) in [6, 6.07) is 16.2. The van der Waals surface area contributed by atoms with Gasteiger partial charge in [0.25, 0.3) is 0 Å². The number of benzene rings is 2. The summed E-state index contributed by atoms with van der Waals surface area (Å²) in [5.74, 6) is 0. The molecule has 0 spiro atoms. The topological polar surface area (TPSA) is 46.2 Å². The molecule has 17 heavy (non-hydrogen) atoms. The van der Waals surface area contributed by atoms with Gasteiger partial charge in [-0.1, -0.05) is 48.0 Å². The van der Waals surface area contributed by atoms with Crippen molar-refractivity contribution in [3.63, 3.8) is 0 Å². The molecule has 0 fully saturated rings. The molecule has 0 saturated heterocycles. The number of rotatable bonds is 3. The maximum Gasteiger partial charge on any atom is 0.0912 e. The molecule has 1 unspecified atom stereocenters. The van der Waals surface area contributed by atoms with Gasteiger partial charge in [0.2, 0.25) is 0 Å². The SMILES string of the molecule is Cc1cccc(-c2cccc(C(O)CN)c2)c1. The fraction of sp³-hybridized carbons (Fsp3) is 0.200. The van der Waals surface area contributed by atoms with E-state index in [0.717, 1.165) is 16.7 Å². The molecule has 0 heterocycles. The Labute approximate surface area is 102 Å². The Balaban J connectivity index is 2.39. The summed E-state index contributed by atoms with van der Waals surface area (Å²) in [5.41, 5.74) is 9.84. The highest BCUT2D eigenvalue weighted by atomic mass is 16.3. The Hall–Kier alpha value is -1.64. The molecule has 0 radical (unpaired) electrons. The van der Waals surface area contributed by atoms with Gasteiger partial charge in [-0.15, -0.1) is 0 Å². The van der Waals surface area contributed by atoms with E-state index < -0.39 is 6.10 Å². The highest BCUT2D eigenvalue weighted by Gasteiger charge is 2.06. The first-order valence-electron chi connectivity index (χ1n) is 5.76. The molecule has 0 saturated carbocycles. The van der Waals surface area contributed by atoms with Crippen LogP contribution in [0.15, 0.2) is 48.5 Å². The Morgan fingerprint density at radius 1 is 1.06 bits per heavy atom. The third-order valence-electron chi connectivity index (χ3n) is 2.85. The van der Waals surface area contributed by atoms with Crippen molar-refractivity contribution in [2.24, 2.45) is 5.73 Å². The summed E-state index contributed by atoms with van der Waals surface area (Å²) in [4.78, 5) is 0. The van der Waals surface area contributed by atoms with Crippen LogP contribution in [-0.4, -0.2) is 11.7 Å². The molecular formula is C15H17NO. The second-order valence-corrected chi connectivity index (χ2v) is 4.25. The van der Waals surface area contributed by atoms with Gasteiger partial charge in [0, 0.05) is 6.54 Å². The van der Waals surface area contributed by atoms with Crippen LogP contribution in [0.25, 0.3) is 11.1 Å². The number of aliphatic hydroxyl groups is 1. The van der Waals surface area contributed by atoms with Gasteiger partial charge in [-0.25, -0.2) is 0 Å². The van der Waals surface area contributed by atoms with Gasteiger partial charge in [-0.05, 0) is 29.7 Å². The summed E-state index contributed by atoms with van der Waals surface area (Å²) >= 11 is 0. The van der Waals surface area contributed by atoms with E-state index in [9.17, 15) is 5.11 Å². The van der Waals surface area contributed by atoms with Gasteiger partial charge in [-0.2, -0.15) is 0 Å². The molecule has 2 aromatic rings. The predicted octanol–water partition coefficient (Wildman–Crippen LogP) is 2.65. The molecule has 0 bridgehead atoms. The summed E-state index contributed by atoms with van der Waals surface area (Å²) in [7, 11) is 0. The van der Waals surface area contributed by atoms with Crippen molar-refractivity contribution in [1.82, 2.24) is 0 Å². The lowest BCUT2D eigenvalue weighted by Gasteiger charge is -2.10. The van der Waals surface area contributed by atoms with Crippen LogP contribution in [0.5, 0.6) is 0 Å². The number of aliphatic hydroxyl groups excluding tert-OH is 1. The zero-order valence-electron chi connectivity index (χ0n) is 9.93. The van der Waals surface area contributed by atoms with Gasteiger partial charge in [0.15, 0.2) is 0 Å². The van der Waals surface area contributed by atoms with Crippen LogP contribution in [0, 0.1) is 6.92 Å². The second-order valence-electron chi connectivity index (χ2n) is 4.25. The maximum absolute atomic E-state index is 9.73. The van der Waals surface area contributed by atoms with E-state index in [-0.39, 0.29) is 6.54 Å². The molecule has 3 N–H and O–H groups in total. The van der Waals surface area contributed by atoms with Crippen molar-refractivity contribution >= 4 is 0 Å². The van der Waals surface area contributed by atoms with Gasteiger partial charge in [-0.3, -0.25) is 0 Å². The molecule has 2 nitrogen and oxygen atoms in total. The molecule has 88 valence electrons. The largest absolute Gasteiger partial charge is 0.387 e. The standard InChI is InChI=1S/C15H17NO/c1-11-4-2-5-12(8-11)13-6-3-7-14(9-13)15(17)10-16/h2-9,15,17H,10,16H2,1H3. The number of hydrogen-bond acceptors (Lipinski definition) is 2. The maximum atomic E-state index is 9.73. The number of hydrogen-bond donors (Lipinski definition) is 2. The fourth-order valence-corrected chi connectivity index (χ4v) is 1.89. The molecule has 0 aromatic heterocycles. The van der Waals surface area contributed by atoms with Gasteiger partial charge >= 0.3 is 0 Å². The molecule has 0 aliphatic rings. The van der Waals surface area contributed by atoms with Crippen LogP contribution in [0.1, 0.15) is 17.2 Å². The molecule has 2 rings (SSSR count). The van der Waals surface area contributed by atoms with E-state index in [1.807, 2.05) is 30.3 Å². The van der Waals surface area contributed by atoms with E-state index >= 15 is 0 Å². The van der Waals surface area contributed by atoms with Crippen LogP contribution < -0.4 is 5.73 Å². The van der Waals surface area contributed by atoms with Gasteiger partial charge < -0.3 is 10.8 Å². The van der Waals surface area contributed by atoms with E-state index in [1.54, 1.807) is 0 Å².